The molecule has 2 fully saturated rings. The van der Waals surface area contributed by atoms with Crippen LogP contribution in [0.5, 0.6) is 0 Å². The maximum Gasteiger partial charge on any atom is 0.215 e. The zero-order chi connectivity index (χ0) is 14.8. The average Bonchev–Trinajstić information content (AvgIpc) is 2.85. The van der Waals surface area contributed by atoms with E-state index in [0.717, 1.165) is 29.9 Å². The van der Waals surface area contributed by atoms with Gasteiger partial charge < -0.3 is 15.4 Å². The summed E-state index contributed by atoms with van der Waals surface area (Å²) in [6.07, 6.45) is 1.74. The summed E-state index contributed by atoms with van der Waals surface area (Å²) in [6, 6.07) is 0. The van der Waals surface area contributed by atoms with Crippen molar-refractivity contribution in [2.24, 2.45) is 22.7 Å². The predicted molar refractivity (Wildman–Crippen MR) is 83.8 cm³/mol. The molecule has 0 aromatic heterocycles. The van der Waals surface area contributed by atoms with Gasteiger partial charge in [0.2, 0.25) is 5.88 Å². The van der Waals surface area contributed by atoms with Crippen molar-refractivity contribution in [1.29, 1.82) is 0 Å². The Labute approximate surface area is 122 Å². The van der Waals surface area contributed by atoms with E-state index < -0.39 is 0 Å². The number of ether oxygens (including phenoxy) is 1. The molecule has 4 nitrogen and oxygen atoms in total. The van der Waals surface area contributed by atoms with E-state index in [4.69, 9.17) is 4.74 Å². The van der Waals surface area contributed by atoms with E-state index in [2.05, 4.69) is 42.8 Å². The second kappa shape index (κ2) is 6.10. The Balaban J connectivity index is 1.76. The minimum absolute atomic E-state index is 0.0678. The third kappa shape index (κ3) is 3.49. The third-order valence-electron chi connectivity index (χ3n) is 4.44. The van der Waals surface area contributed by atoms with Gasteiger partial charge in [0.25, 0.3) is 0 Å². The molecule has 1 saturated heterocycles. The highest BCUT2D eigenvalue weighted by molar-refractivity contribution is 5.30. The zero-order valence-corrected chi connectivity index (χ0v) is 12.9. The zero-order valence-electron chi connectivity index (χ0n) is 12.9. The van der Waals surface area contributed by atoms with E-state index in [-0.39, 0.29) is 5.54 Å². The Morgan fingerprint density at radius 1 is 1.45 bits per heavy atom. The fourth-order valence-corrected chi connectivity index (χ4v) is 2.91. The number of hydrogen-bond donors (Lipinski definition) is 2. The molecule has 1 heterocycles. The monoisotopic (exact) mass is 277 g/mol. The first-order chi connectivity index (χ1) is 9.48. The molecule has 0 amide bonds. The Hall–Kier alpha value is -1.13. The summed E-state index contributed by atoms with van der Waals surface area (Å²) in [5.41, 5.74) is 0.848. The number of nitrogens with one attached hydrogen (secondary N) is 2. The molecule has 1 aliphatic heterocycles. The summed E-state index contributed by atoms with van der Waals surface area (Å²) in [7, 11) is 0. The van der Waals surface area contributed by atoms with Crippen LogP contribution in [-0.2, 0) is 4.74 Å². The number of piperidine rings is 1. The highest BCUT2D eigenvalue weighted by atomic mass is 16.5. The van der Waals surface area contributed by atoms with Gasteiger partial charge in [-0.2, -0.15) is 0 Å². The number of allylic oxidation sites excluding steroid dienone is 2. The van der Waals surface area contributed by atoms with Crippen molar-refractivity contribution >= 4 is 6.72 Å². The number of fused-ring (bicyclic) bond motifs is 1. The molecule has 2 aliphatic rings. The fraction of sp³-hybridized carbons (Fsp3) is 0.688. The van der Waals surface area contributed by atoms with Crippen LogP contribution in [0.1, 0.15) is 20.8 Å². The molecule has 0 aromatic carbocycles. The Morgan fingerprint density at radius 3 is 2.65 bits per heavy atom. The van der Waals surface area contributed by atoms with Crippen LogP contribution in [0, 0.1) is 17.8 Å². The maximum atomic E-state index is 5.76. The van der Waals surface area contributed by atoms with Crippen LogP contribution < -0.4 is 10.6 Å². The van der Waals surface area contributed by atoms with Gasteiger partial charge in [0.1, 0.15) is 6.61 Å². The van der Waals surface area contributed by atoms with Crippen LogP contribution in [0.4, 0.5) is 0 Å². The summed E-state index contributed by atoms with van der Waals surface area (Å²) in [5, 5.41) is 7.05. The molecule has 0 aromatic rings. The molecule has 2 N–H and O–H groups in total. The SMILES string of the molecule is C=C/C(C)=C(\N=C)OCC(C)(C)NCC1C2CNCC21. The second-order valence-corrected chi connectivity index (χ2v) is 6.55. The van der Waals surface area contributed by atoms with Gasteiger partial charge in [-0.1, -0.05) is 12.7 Å². The van der Waals surface area contributed by atoms with Crippen molar-refractivity contribution in [3.8, 4) is 0 Å². The largest absolute Gasteiger partial charge is 0.476 e. The van der Waals surface area contributed by atoms with Gasteiger partial charge in [0.15, 0.2) is 0 Å². The summed E-state index contributed by atoms with van der Waals surface area (Å²) in [6.45, 7) is 17.6. The van der Waals surface area contributed by atoms with E-state index in [9.17, 15) is 0 Å². The van der Waals surface area contributed by atoms with Crippen molar-refractivity contribution < 1.29 is 4.74 Å². The van der Waals surface area contributed by atoms with Gasteiger partial charge in [0, 0.05) is 11.1 Å². The van der Waals surface area contributed by atoms with Crippen molar-refractivity contribution in [1.82, 2.24) is 10.6 Å². The van der Waals surface area contributed by atoms with Gasteiger partial charge in [-0.05, 0) is 64.9 Å². The molecule has 1 saturated carbocycles. The van der Waals surface area contributed by atoms with Crippen molar-refractivity contribution in [3.63, 3.8) is 0 Å². The minimum atomic E-state index is -0.0678. The highest BCUT2D eigenvalue weighted by Crippen LogP contribution is 2.48. The Morgan fingerprint density at radius 2 is 2.10 bits per heavy atom. The molecule has 2 unspecified atom stereocenters. The van der Waals surface area contributed by atoms with Gasteiger partial charge in [-0.25, -0.2) is 4.99 Å². The summed E-state index contributed by atoms with van der Waals surface area (Å²) >= 11 is 0. The molecule has 20 heavy (non-hydrogen) atoms. The first-order valence-corrected chi connectivity index (χ1v) is 7.37. The molecule has 2 rings (SSSR count). The van der Waals surface area contributed by atoms with Crippen molar-refractivity contribution in [2.75, 3.05) is 26.2 Å². The lowest BCUT2D eigenvalue weighted by Gasteiger charge is -2.27. The number of rotatable bonds is 8. The first-order valence-electron chi connectivity index (χ1n) is 7.37. The van der Waals surface area contributed by atoms with Gasteiger partial charge >= 0.3 is 0 Å². The molecular formula is C16H27N3O. The van der Waals surface area contributed by atoms with Crippen LogP contribution in [0.2, 0.25) is 0 Å². The standard InChI is InChI=1S/C16H27N3O/c1-6-11(2)15(17-5)20-10-16(3,4)19-9-14-12-7-18-8-13(12)14/h6,12-14,18-19H,1,5,7-10H2,2-4H3/b15-11+. The smallest absolute Gasteiger partial charge is 0.215 e. The Bertz CT molecular complexity index is 404. The van der Waals surface area contributed by atoms with E-state index in [0.29, 0.717) is 12.5 Å². The lowest BCUT2D eigenvalue weighted by atomic mass is 10.1. The van der Waals surface area contributed by atoms with Crippen LogP contribution in [0.25, 0.3) is 0 Å². The van der Waals surface area contributed by atoms with Crippen molar-refractivity contribution in [3.05, 3.63) is 24.1 Å². The van der Waals surface area contributed by atoms with Crippen LogP contribution in [0.15, 0.2) is 29.1 Å². The summed E-state index contributed by atoms with van der Waals surface area (Å²) < 4.78 is 5.76. The lowest BCUT2D eigenvalue weighted by molar-refractivity contribution is 0.135. The second-order valence-electron chi connectivity index (χ2n) is 6.55. The van der Waals surface area contributed by atoms with Gasteiger partial charge in [-0.15, -0.1) is 0 Å². The number of hydrogen-bond acceptors (Lipinski definition) is 4. The van der Waals surface area contributed by atoms with E-state index in [1.807, 2.05) is 6.92 Å². The predicted octanol–water partition coefficient (Wildman–Crippen LogP) is 1.95. The van der Waals surface area contributed by atoms with E-state index in [1.54, 1.807) is 6.08 Å². The van der Waals surface area contributed by atoms with Crippen LogP contribution in [-0.4, -0.2) is 38.5 Å². The van der Waals surface area contributed by atoms with E-state index >= 15 is 0 Å². The molecule has 0 bridgehead atoms. The molecule has 4 heteroatoms. The topological polar surface area (TPSA) is 45.6 Å². The molecule has 1 aliphatic carbocycles. The van der Waals surface area contributed by atoms with Gasteiger partial charge in [0.05, 0.1) is 0 Å². The highest BCUT2D eigenvalue weighted by Gasteiger charge is 2.52. The first kappa shape index (κ1) is 15.3. The molecular weight excluding hydrogens is 250 g/mol. The summed E-state index contributed by atoms with van der Waals surface area (Å²) in [4.78, 5) is 3.92. The van der Waals surface area contributed by atoms with Crippen LogP contribution in [0.3, 0.4) is 0 Å². The average molecular weight is 277 g/mol. The normalized spacial score (nSPS) is 29.4. The fourth-order valence-electron chi connectivity index (χ4n) is 2.91. The molecule has 112 valence electrons. The van der Waals surface area contributed by atoms with E-state index in [1.165, 1.54) is 13.1 Å². The number of nitrogens with zero attached hydrogens (tertiary/aromatic N) is 1. The molecule has 0 spiro atoms. The molecule has 2 atom stereocenters. The minimum Gasteiger partial charge on any atom is -0.476 e. The quantitative estimate of drug-likeness (QED) is 0.405. The number of aliphatic imine (C=N–C) groups is 1. The molecule has 0 radical (unpaired) electrons. The Kier molecular flexibility index (Phi) is 4.66. The lowest BCUT2D eigenvalue weighted by Crippen LogP contribution is -2.45. The van der Waals surface area contributed by atoms with Crippen molar-refractivity contribution in [2.45, 2.75) is 26.3 Å². The van der Waals surface area contributed by atoms with Crippen LogP contribution >= 0.6 is 0 Å². The third-order valence-corrected chi connectivity index (χ3v) is 4.44. The maximum absolute atomic E-state index is 5.76. The van der Waals surface area contributed by atoms with Gasteiger partial charge in [-0.3, -0.25) is 0 Å². The summed E-state index contributed by atoms with van der Waals surface area (Å²) in [5.74, 6) is 3.21.